The monoisotopic (exact) mass is 549 g/mol. The summed E-state index contributed by atoms with van der Waals surface area (Å²) < 4.78 is 13.6. The van der Waals surface area contributed by atoms with Crippen LogP contribution in [0.25, 0.3) is 0 Å². The second-order valence-corrected chi connectivity index (χ2v) is 13.5. The summed E-state index contributed by atoms with van der Waals surface area (Å²) in [5, 5.41) is 11.1. The van der Waals surface area contributed by atoms with E-state index in [1.54, 1.807) is 0 Å². The first-order chi connectivity index (χ1) is 16.5. The number of ether oxygens (including phenoxy) is 2. The van der Waals surface area contributed by atoms with Gasteiger partial charge >= 0.3 is 5.97 Å². The van der Waals surface area contributed by atoms with E-state index < -0.39 is 28.5 Å². The third kappa shape index (κ3) is 3.37. The Labute approximate surface area is 217 Å². The maximum absolute atomic E-state index is 13.5. The average molecular weight is 551 g/mol. The zero-order valence-electron chi connectivity index (χ0n) is 21.5. The number of rotatable bonds is 8. The van der Waals surface area contributed by atoms with E-state index >= 15 is 0 Å². The number of morpholine rings is 1. The van der Waals surface area contributed by atoms with Gasteiger partial charge in [0.05, 0.1) is 18.1 Å². The van der Waals surface area contributed by atoms with E-state index in [-0.39, 0.29) is 23.9 Å². The molecule has 0 spiro atoms. The lowest BCUT2D eigenvalue weighted by molar-refractivity contribution is -0.235. The lowest BCUT2D eigenvalue weighted by atomic mass is 9.43. The van der Waals surface area contributed by atoms with Crippen molar-refractivity contribution in [2.24, 2.45) is 45.8 Å². The summed E-state index contributed by atoms with van der Waals surface area (Å²) in [6.07, 6.45) is 6.33. The van der Waals surface area contributed by atoms with Gasteiger partial charge in [-0.15, -0.1) is 0 Å². The first-order valence-corrected chi connectivity index (χ1v) is 14.1. The van der Waals surface area contributed by atoms with Crippen molar-refractivity contribution in [1.82, 2.24) is 4.90 Å². The molecule has 1 aliphatic heterocycles. The van der Waals surface area contributed by atoms with Crippen LogP contribution < -0.4 is 0 Å². The van der Waals surface area contributed by atoms with Gasteiger partial charge in [0.15, 0.2) is 6.29 Å². The van der Waals surface area contributed by atoms with Gasteiger partial charge in [-0.25, -0.2) is 0 Å². The molecule has 5 rings (SSSR count). The van der Waals surface area contributed by atoms with Crippen LogP contribution in [-0.2, 0) is 19.1 Å². The Hall–Kier alpha value is -1.02. The molecule has 194 valence electrons. The number of carbonyl (C=O) groups is 2. The second-order valence-electron chi connectivity index (χ2n) is 12.4. The van der Waals surface area contributed by atoms with Crippen molar-refractivity contribution in [2.45, 2.75) is 65.8 Å². The van der Waals surface area contributed by atoms with Crippen LogP contribution in [-0.4, -0.2) is 60.9 Å². The smallest absolute Gasteiger partial charge is 0.315 e. The Morgan fingerprint density at radius 1 is 1.34 bits per heavy atom. The zero-order chi connectivity index (χ0) is 25.3. The van der Waals surface area contributed by atoms with Gasteiger partial charge in [-0.05, 0) is 55.8 Å². The van der Waals surface area contributed by atoms with E-state index in [0.29, 0.717) is 31.4 Å². The maximum atomic E-state index is 13.5. The number of carboxylic acid groups (broad SMARTS) is 1. The summed E-state index contributed by atoms with van der Waals surface area (Å²) in [4.78, 5) is 28.9. The van der Waals surface area contributed by atoms with E-state index in [0.717, 1.165) is 48.7 Å². The lowest BCUT2D eigenvalue weighted by Crippen LogP contribution is -2.64. The molecule has 4 fully saturated rings. The first-order valence-electron chi connectivity index (χ1n) is 13.3. The van der Waals surface area contributed by atoms with E-state index in [4.69, 9.17) is 9.47 Å². The van der Waals surface area contributed by atoms with E-state index in [2.05, 4.69) is 54.3 Å². The minimum atomic E-state index is -1.20. The van der Waals surface area contributed by atoms with Gasteiger partial charge in [-0.3, -0.25) is 9.69 Å². The normalized spacial score (nSPS) is 46.5. The number of hydrogen-bond acceptors (Lipinski definition) is 5. The molecule has 1 saturated heterocycles. The van der Waals surface area contributed by atoms with Crippen LogP contribution in [0, 0.1) is 45.8 Å². The summed E-state index contributed by atoms with van der Waals surface area (Å²) in [7, 11) is 0. The predicted octanol–water partition coefficient (Wildman–Crippen LogP) is 4.88. The molecule has 4 aliphatic carbocycles. The molecule has 5 aliphatic rings. The fourth-order valence-corrected chi connectivity index (χ4v) is 9.69. The molecule has 0 amide bonds. The van der Waals surface area contributed by atoms with Crippen LogP contribution in [0.4, 0.5) is 0 Å². The number of fused-ring (bicyclic) bond motifs is 2. The van der Waals surface area contributed by atoms with Crippen molar-refractivity contribution < 1.29 is 24.2 Å². The summed E-state index contributed by atoms with van der Waals surface area (Å²) in [6.45, 7) is 14.9. The van der Waals surface area contributed by atoms with Gasteiger partial charge in [-0.1, -0.05) is 61.4 Å². The zero-order valence-corrected chi connectivity index (χ0v) is 23.1. The number of allylic oxidation sites excluding steroid dienone is 1. The first kappa shape index (κ1) is 25.6. The predicted molar refractivity (Wildman–Crippen MR) is 137 cm³/mol. The molecule has 9 atom stereocenters. The maximum Gasteiger partial charge on any atom is 0.315 e. The Morgan fingerprint density at radius 2 is 2.09 bits per heavy atom. The van der Waals surface area contributed by atoms with Gasteiger partial charge < -0.3 is 19.4 Å². The minimum Gasteiger partial charge on any atom is -0.481 e. The highest BCUT2D eigenvalue weighted by Gasteiger charge is 2.84. The molecule has 0 unspecified atom stereocenters. The van der Waals surface area contributed by atoms with Crippen molar-refractivity contribution in [2.75, 3.05) is 26.2 Å². The van der Waals surface area contributed by atoms with Gasteiger partial charge in [-0.2, -0.15) is 0 Å². The van der Waals surface area contributed by atoms with Crippen LogP contribution in [0.2, 0.25) is 0 Å². The number of carboxylic acids is 1. The van der Waals surface area contributed by atoms with E-state index in [1.165, 1.54) is 0 Å². The molecule has 0 aromatic carbocycles. The van der Waals surface area contributed by atoms with Crippen LogP contribution in [0.5, 0.6) is 0 Å². The van der Waals surface area contributed by atoms with Crippen molar-refractivity contribution in [3.8, 4) is 0 Å². The summed E-state index contributed by atoms with van der Waals surface area (Å²) in [5.41, 5.74) is -1.72. The van der Waals surface area contributed by atoms with Crippen molar-refractivity contribution in [3.05, 3.63) is 22.7 Å². The van der Waals surface area contributed by atoms with Crippen LogP contribution in [0.3, 0.4) is 0 Å². The highest BCUT2D eigenvalue weighted by atomic mass is 79.9. The number of carbonyl (C=O) groups excluding carboxylic acids is 1. The van der Waals surface area contributed by atoms with Crippen molar-refractivity contribution >= 4 is 28.2 Å². The fraction of sp³-hybridized carbons (Fsp3) is 0.786. The Balaban J connectivity index is 1.53. The number of nitrogens with zero attached hydrogens (tertiary/aromatic N) is 1. The van der Waals surface area contributed by atoms with Crippen LogP contribution >= 0.6 is 15.9 Å². The molecule has 4 bridgehead atoms. The Morgan fingerprint density at radius 3 is 2.71 bits per heavy atom. The molecule has 0 aromatic heterocycles. The Kier molecular flexibility index (Phi) is 6.43. The van der Waals surface area contributed by atoms with Crippen LogP contribution in [0.15, 0.2) is 22.7 Å². The molecular formula is C28H40BrNO5. The van der Waals surface area contributed by atoms with Crippen molar-refractivity contribution in [3.63, 3.8) is 0 Å². The molecule has 1 N–H and O–H groups in total. The van der Waals surface area contributed by atoms with Crippen molar-refractivity contribution in [1.29, 1.82) is 0 Å². The molecule has 0 aromatic rings. The van der Waals surface area contributed by atoms with Gasteiger partial charge in [0, 0.05) is 29.5 Å². The van der Waals surface area contributed by atoms with Gasteiger partial charge in [0.25, 0.3) is 0 Å². The molecule has 7 heteroatoms. The lowest BCUT2D eigenvalue weighted by Gasteiger charge is -2.58. The standard InChI is InChI=1S/C28H40BrNO5/c1-16(2)23-8-20-9-26(14-31)22-7-6-17(3)21(22)10-27(20,28(23,26)25(32)33)15-34-24-13-30(11-18(4)29)12-19(5)35-24/h8,14,16-17,19-22,24H,4,6-7,9-13,15H2,1-3,5H3,(H,32,33)/t17-,19-,20+,21-,22-,24-,26-,27+,28+/m1/s1. The third-order valence-corrected chi connectivity index (χ3v) is 10.6. The van der Waals surface area contributed by atoms with E-state index in [1.807, 2.05) is 6.92 Å². The number of aliphatic carboxylic acids is 1. The second kappa shape index (κ2) is 8.78. The molecular weight excluding hydrogens is 510 g/mol. The Bertz CT molecular complexity index is 950. The number of aldehydes is 1. The highest BCUT2D eigenvalue weighted by Crippen LogP contribution is 2.82. The molecule has 35 heavy (non-hydrogen) atoms. The largest absolute Gasteiger partial charge is 0.481 e. The highest BCUT2D eigenvalue weighted by molar-refractivity contribution is 9.11. The quantitative estimate of drug-likeness (QED) is 0.343. The molecule has 1 heterocycles. The minimum absolute atomic E-state index is 0.0100. The third-order valence-electron chi connectivity index (χ3n) is 10.4. The molecule has 6 nitrogen and oxygen atoms in total. The molecule has 0 radical (unpaired) electrons. The van der Waals surface area contributed by atoms with E-state index in [9.17, 15) is 14.7 Å². The van der Waals surface area contributed by atoms with Gasteiger partial charge in [0.1, 0.15) is 11.7 Å². The SMILES string of the molecule is C=C(Br)CN1C[C@H](OC[C@@]23C[C@@H]4[C@H](C)CC[C@H]4[C@]4(C=O)C[C@@H]2C=C(C(C)C)[C@@]34C(=O)O)O[C@H](C)C1. The summed E-state index contributed by atoms with van der Waals surface area (Å²) >= 11 is 3.47. The molecule has 3 saturated carbocycles. The number of halogens is 1. The number of hydrogen-bond donors (Lipinski definition) is 1. The topological polar surface area (TPSA) is 76.1 Å². The fourth-order valence-electron chi connectivity index (χ4n) is 9.33. The average Bonchev–Trinajstić information content (AvgIpc) is 3.34. The summed E-state index contributed by atoms with van der Waals surface area (Å²) in [5.74, 6) is 0.270. The van der Waals surface area contributed by atoms with Crippen LogP contribution in [0.1, 0.15) is 53.4 Å². The van der Waals surface area contributed by atoms with Gasteiger partial charge in [0.2, 0.25) is 0 Å². The summed E-state index contributed by atoms with van der Waals surface area (Å²) in [6, 6.07) is 0.